The third-order valence-electron chi connectivity index (χ3n) is 4.92. The van der Waals surface area contributed by atoms with Crippen LogP contribution in [0, 0.1) is 5.82 Å². The highest BCUT2D eigenvalue weighted by Crippen LogP contribution is 2.22. The van der Waals surface area contributed by atoms with Crippen LogP contribution in [0.3, 0.4) is 0 Å². The maximum absolute atomic E-state index is 13.5. The second-order valence-electron chi connectivity index (χ2n) is 8.74. The summed E-state index contributed by atoms with van der Waals surface area (Å²) in [6.07, 6.45) is 0.576. The molecule has 3 aromatic rings. The van der Waals surface area contributed by atoms with E-state index in [9.17, 15) is 9.18 Å². The lowest BCUT2D eigenvalue weighted by Crippen LogP contribution is -2.33. The highest BCUT2D eigenvalue weighted by atomic mass is 35.5. The normalized spacial score (nSPS) is 11.2. The van der Waals surface area contributed by atoms with Crippen molar-refractivity contribution < 1.29 is 13.9 Å². The molecule has 174 valence electrons. The van der Waals surface area contributed by atoms with Crippen molar-refractivity contribution in [3.63, 3.8) is 0 Å². The Morgan fingerprint density at radius 3 is 2.27 bits per heavy atom. The number of pyridine rings is 1. The Bertz CT molecular complexity index is 1080. The number of nitrogens with one attached hydrogen (secondary N) is 1. The lowest BCUT2D eigenvalue weighted by molar-refractivity contribution is 0.0740. The quantitative estimate of drug-likeness (QED) is 0.412. The number of hydrogen-bond donors (Lipinski definition) is 1. The van der Waals surface area contributed by atoms with E-state index in [0.717, 1.165) is 16.9 Å². The van der Waals surface area contributed by atoms with Gasteiger partial charge >= 0.3 is 0 Å². The molecule has 1 amide bonds. The van der Waals surface area contributed by atoms with Gasteiger partial charge in [-0.3, -0.25) is 4.79 Å². The Morgan fingerprint density at radius 1 is 1.03 bits per heavy atom. The van der Waals surface area contributed by atoms with Crippen LogP contribution in [-0.2, 0) is 13.0 Å². The van der Waals surface area contributed by atoms with Gasteiger partial charge in [0.05, 0.1) is 5.69 Å². The maximum atomic E-state index is 13.5. The summed E-state index contributed by atoms with van der Waals surface area (Å²) in [4.78, 5) is 19.5. The van der Waals surface area contributed by atoms with Gasteiger partial charge in [-0.2, -0.15) is 0 Å². The van der Waals surface area contributed by atoms with Crippen molar-refractivity contribution in [3.05, 3.63) is 88.5 Å². The highest BCUT2D eigenvalue weighted by Gasteiger charge is 2.21. The summed E-state index contributed by atoms with van der Waals surface area (Å²) in [6.45, 7) is 6.80. The first-order valence-corrected chi connectivity index (χ1v) is 11.2. The molecule has 0 radical (unpaired) electrons. The van der Waals surface area contributed by atoms with Gasteiger partial charge in [0.2, 0.25) is 0 Å². The molecule has 0 fully saturated rings. The fourth-order valence-electron chi connectivity index (χ4n) is 3.35. The number of hydrogen-bond acceptors (Lipinski definition) is 4. The first-order chi connectivity index (χ1) is 15.6. The highest BCUT2D eigenvalue weighted by molar-refractivity contribution is 6.29. The standard InChI is InChI=1S/C26H29ClFN3O2/c1-26(2,3)33-21-11-7-19(8-12-21)17-31(16-15-18-5-9-20(28)10-6-18)25(32)24-22(29-4)13-14-23(27)30-24/h5-14,29H,15-17H2,1-4H3. The largest absolute Gasteiger partial charge is 0.488 e. The molecule has 0 saturated carbocycles. The first-order valence-electron chi connectivity index (χ1n) is 10.8. The predicted octanol–water partition coefficient (Wildman–Crippen LogP) is 5.98. The van der Waals surface area contributed by atoms with Crippen molar-refractivity contribution in [1.82, 2.24) is 9.88 Å². The van der Waals surface area contributed by atoms with Gasteiger partial charge in [-0.05, 0) is 74.7 Å². The van der Waals surface area contributed by atoms with Crippen LogP contribution >= 0.6 is 11.6 Å². The Kier molecular flexibility index (Phi) is 7.92. The van der Waals surface area contributed by atoms with Crippen LogP contribution in [0.4, 0.5) is 10.1 Å². The zero-order valence-corrected chi connectivity index (χ0v) is 20.1. The topological polar surface area (TPSA) is 54.5 Å². The van der Waals surface area contributed by atoms with E-state index in [0.29, 0.717) is 25.2 Å². The van der Waals surface area contributed by atoms with Crippen molar-refractivity contribution >= 4 is 23.2 Å². The summed E-state index contributed by atoms with van der Waals surface area (Å²) >= 11 is 6.08. The van der Waals surface area contributed by atoms with Gasteiger partial charge in [-0.25, -0.2) is 9.37 Å². The monoisotopic (exact) mass is 469 g/mol. The van der Waals surface area contributed by atoms with Crippen LogP contribution in [0.2, 0.25) is 5.15 Å². The molecule has 0 bridgehead atoms. The minimum Gasteiger partial charge on any atom is -0.488 e. The third kappa shape index (κ3) is 7.19. The van der Waals surface area contributed by atoms with Gasteiger partial charge < -0.3 is 15.0 Å². The van der Waals surface area contributed by atoms with Gasteiger partial charge in [0.1, 0.15) is 22.3 Å². The van der Waals surface area contributed by atoms with E-state index in [1.54, 1.807) is 36.2 Å². The molecule has 5 nitrogen and oxygen atoms in total. The minimum absolute atomic E-state index is 0.237. The average molecular weight is 470 g/mol. The van der Waals surface area contributed by atoms with Crippen molar-refractivity contribution in [2.24, 2.45) is 0 Å². The molecule has 0 aliphatic rings. The molecule has 3 rings (SSSR count). The van der Waals surface area contributed by atoms with E-state index in [-0.39, 0.29) is 28.2 Å². The Hall–Kier alpha value is -3.12. The molecular formula is C26H29ClFN3O2. The molecule has 1 N–H and O–H groups in total. The molecule has 0 aliphatic heterocycles. The van der Waals surface area contributed by atoms with E-state index in [1.807, 2.05) is 45.0 Å². The van der Waals surface area contributed by atoms with Crippen molar-refractivity contribution in [2.45, 2.75) is 39.3 Å². The van der Waals surface area contributed by atoms with Crippen LogP contribution in [0.1, 0.15) is 42.4 Å². The summed E-state index contributed by atoms with van der Waals surface area (Å²) in [5.41, 5.74) is 2.47. The third-order valence-corrected chi connectivity index (χ3v) is 5.14. The lowest BCUT2D eigenvalue weighted by Gasteiger charge is -2.24. The van der Waals surface area contributed by atoms with Crippen LogP contribution in [0.15, 0.2) is 60.7 Å². The number of rotatable bonds is 8. The Labute approximate surface area is 199 Å². The molecule has 0 unspecified atom stereocenters. The van der Waals surface area contributed by atoms with Gasteiger partial charge in [0.15, 0.2) is 5.69 Å². The minimum atomic E-state index is -0.291. The van der Waals surface area contributed by atoms with Crippen molar-refractivity contribution in [1.29, 1.82) is 0 Å². The van der Waals surface area contributed by atoms with Crippen molar-refractivity contribution in [3.8, 4) is 5.75 Å². The number of halogens is 2. The number of aromatic nitrogens is 1. The second kappa shape index (κ2) is 10.7. The van der Waals surface area contributed by atoms with E-state index < -0.39 is 0 Å². The van der Waals surface area contributed by atoms with Crippen LogP contribution in [-0.4, -0.2) is 35.0 Å². The smallest absolute Gasteiger partial charge is 0.274 e. The molecule has 33 heavy (non-hydrogen) atoms. The molecule has 0 atom stereocenters. The Balaban J connectivity index is 1.84. The number of ether oxygens (including phenoxy) is 1. The lowest BCUT2D eigenvalue weighted by atomic mass is 10.1. The summed E-state index contributed by atoms with van der Waals surface area (Å²) in [5, 5.41) is 3.25. The SMILES string of the molecule is CNc1ccc(Cl)nc1C(=O)N(CCc1ccc(F)cc1)Cc1ccc(OC(C)(C)C)cc1. The fourth-order valence-corrected chi connectivity index (χ4v) is 3.50. The summed E-state index contributed by atoms with van der Waals surface area (Å²) in [6, 6.07) is 17.4. The molecule has 2 aromatic carbocycles. The van der Waals surface area contributed by atoms with Gasteiger partial charge in [0.25, 0.3) is 5.91 Å². The molecule has 1 heterocycles. The molecular weight excluding hydrogens is 441 g/mol. The summed E-state index contributed by atoms with van der Waals surface area (Å²) in [5.74, 6) is 0.245. The molecule has 7 heteroatoms. The zero-order chi connectivity index (χ0) is 24.0. The molecule has 1 aromatic heterocycles. The van der Waals surface area contributed by atoms with Crippen LogP contribution < -0.4 is 10.1 Å². The van der Waals surface area contributed by atoms with Crippen LogP contribution in [0.25, 0.3) is 0 Å². The van der Waals surface area contributed by atoms with E-state index in [4.69, 9.17) is 16.3 Å². The number of anilines is 1. The first kappa shape index (κ1) is 24.5. The molecule has 0 spiro atoms. The number of amides is 1. The summed E-state index contributed by atoms with van der Waals surface area (Å²) in [7, 11) is 1.73. The van der Waals surface area contributed by atoms with Gasteiger partial charge in [0, 0.05) is 20.1 Å². The molecule has 0 saturated heterocycles. The zero-order valence-electron chi connectivity index (χ0n) is 19.4. The number of carbonyl (C=O) groups excluding carboxylic acids is 1. The van der Waals surface area contributed by atoms with E-state index in [1.165, 1.54) is 12.1 Å². The number of carbonyl (C=O) groups is 1. The van der Waals surface area contributed by atoms with E-state index in [2.05, 4.69) is 10.3 Å². The van der Waals surface area contributed by atoms with Gasteiger partial charge in [-0.15, -0.1) is 0 Å². The summed E-state index contributed by atoms with van der Waals surface area (Å²) < 4.78 is 19.2. The fraction of sp³-hybridized carbons (Fsp3) is 0.308. The van der Waals surface area contributed by atoms with E-state index >= 15 is 0 Å². The van der Waals surface area contributed by atoms with Crippen LogP contribution in [0.5, 0.6) is 5.75 Å². The number of nitrogens with zero attached hydrogens (tertiary/aromatic N) is 2. The van der Waals surface area contributed by atoms with Crippen molar-refractivity contribution in [2.75, 3.05) is 18.9 Å². The Morgan fingerprint density at radius 2 is 1.67 bits per heavy atom. The average Bonchev–Trinajstić information content (AvgIpc) is 2.77. The maximum Gasteiger partial charge on any atom is 0.274 e. The number of benzene rings is 2. The second-order valence-corrected chi connectivity index (χ2v) is 9.13. The molecule has 0 aliphatic carbocycles. The predicted molar refractivity (Wildman–Crippen MR) is 130 cm³/mol. The van der Waals surface area contributed by atoms with Gasteiger partial charge in [-0.1, -0.05) is 35.9 Å².